The Morgan fingerprint density at radius 1 is 1.56 bits per heavy atom. The van der Waals surface area contributed by atoms with Gasteiger partial charge in [-0.05, 0) is 41.3 Å². The molecule has 2 heterocycles. The molecule has 2 aromatic heterocycles. The third kappa shape index (κ3) is 2.26. The van der Waals surface area contributed by atoms with Gasteiger partial charge in [0.25, 0.3) is 5.91 Å². The minimum atomic E-state index is 0.0420. The summed E-state index contributed by atoms with van der Waals surface area (Å²) in [4.78, 5) is 17.3. The summed E-state index contributed by atoms with van der Waals surface area (Å²) in [5, 5.41) is 4.13. The Labute approximate surface area is 109 Å². The Morgan fingerprint density at radius 2 is 2.39 bits per heavy atom. The summed E-state index contributed by atoms with van der Waals surface area (Å²) in [7, 11) is 0. The number of H-pyrrole nitrogens is 1. The highest BCUT2D eigenvalue weighted by Gasteiger charge is 2.33. The number of anilines is 1. The van der Waals surface area contributed by atoms with Gasteiger partial charge in [-0.15, -0.1) is 0 Å². The summed E-state index contributed by atoms with van der Waals surface area (Å²) >= 11 is 1.66. The van der Waals surface area contributed by atoms with Crippen molar-refractivity contribution in [1.82, 2.24) is 9.88 Å². The third-order valence-electron chi connectivity index (χ3n) is 3.12. The van der Waals surface area contributed by atoms with Crippen LogP contribution in [0.15, 0.2) is 29.1 Å². The van der Waals surface area contributed by atoms with Crippen LogP contribution >= 0.6 is 11.3 Å². The maximum atomic E-state index is 12.4. The molecule has 1 aliphatic carbocycles. The lowest BCUT2D eigenvalue weighted by Gasteiger charge is -2.21. The van der Waals surface area contributed by atoms with Gasteiger partial charge in [0.15, 0.2) is 0 Å². The summed E-state index contributed by atoms with van der Waals surface area (Å²) in [6, 6.07) is 4.16. The minimum Gasteiger partial charge on any atom is -0.397 e. The smallest absolute Gasteiger partial charge is 0.270 e. The molecule has 18 heavy (non-hydrogen) atoms. The average Bonchev–Trinajstić information content (AvgIpc) is 2.88. The highest BCUT2D eigenvalue weighted by Crippen LogP contribution is 2.30. The van der Waals surface area contributed by atoms with Crippen LogP contribution in [0.4, 0.5) is 5.69 Å². The Morgan fingerprint density at radius 3 is 2.94 bits per heavy atom. The number of hydrogen-bond donors (Lipinski definition) is 2. The number of rotatable bonds is 4. The minimum absolute atomic E-state index is 0.0420. The van der Waals surface area contributed by atoms with Gasteiger partial charge in [-0.1, -0.05) is 0 Å². The van der Waals surface area contributed by atoms with E-state index < -0.39 is 0 Å². The molecular weight excluding hydrogens is 246 g/mol. The number of nitrogens with one attached hydrogen (secondary N) is 1. The number of thiophene rings is 1. The van der Waals surface area contributed by atoms with E-state index in [1.807, 2.05) is 10.3 Å². The Hall–Kier alpha value is -1.75. The van der Waals surface area contributed by atoms with Gasteiger partial charge >= 0.3 is 0 Å². The number of amides is 1. The summed E-state index contributed by atoms with van der Waals surface area (Å²) in [5.41, 5.74) is 8.02. The second-order valence-electron chi connectivity index (χ2n) is 4.64. The largest absolute Gasteiger partial charge is 0.397 e. The molecule has 0 saturated heterocycles. The second kappa shape index (κ2) is 4.49. The maximum absolute atomic E-state index is 12.4. The molecule has 5 heteroatoms. The van der Waals surface area contributed by atoms with E-state index in [-0.39, 0.29) is 5.91 Å². The molecule has 0 bridgehead atoms. The third-order valence-corrected chi connectivity index (χ3v) is 3.85. The zero-order chi connectivity index (χ0) is 12.5. The van der Waals surface area contributed by atoms with E-state index in [2.05, 4.69) is 16.4 Å². The molecule has 2 aromatic rings. The lowest BCUT2D eigenvalue weighted by molar-refractivity contribution is 0.0725. The van der Waals surface area contributed by atoms with Crippen molar-refractivity contribution in [3.05, 3.63) is 40.3 Å². The van der Waals surface area contributed by atoms with E-state index in [0.29, 0.717) is 24.0 Å². The molecule has 3 rings (SSSR count). The molecule has 1 saturated carbocycles. The number of aromatic amines is 1. The van der Waals surface area contributed by atoms with E-state index in [0.717, 1.165) is 12.8 Å². The van der Waals surface area contributed by atoms with Gasteiger partial charge in [0.05, 0.1) is 0 Å². The normalized spacial score (nSPS) is 14.7. The van der Waals surface area contributed by atoms with Crippen molar-refractivity contribution >= 4 is 22.9 Å². The summed E-state index contributed by atoms with van der Waals surface area (Å²) in [6.45, 7) is 0.686. The molecule has 0 unspecified atom stereocenters. The van der Waals surface area contributed by atoms with Crippen LogP contribution in [0.1, 0.15) is 28.9 Å². The molecule has 4 nitrogen and oxygen atoms in total. The number of nitrogens with zero attached hydrogens (tertiary/aromatic N) is 1. The van der Waals surface area contributed by atoms with E-state index in [9.17, 15) is 4.79 Å². The molecule has 94 valence electrons. The molecule has 0 atom stereocenters. The zero-order valence-corrected chi connectivity index (χ0v) is 10.7. The van der Waals surface area contributed by atoms with E-state index in [1.54, 1.807) is 23.6 Å². The number of hydrogen-bond acceptors (Lipinski definition) is 3. The summed E-state index contributed by atoms with van der Waals surface area (Å²) < 4.78 is 0. The quantitative estimate of drug-likeness (QED) is 0.888. The van der Waals surface area contributed by atoms with Crippen molar-refractivity contribution in [2.45, 2.75) is 25.4 Å². The van der Waals surface area contributed by atoms with Gasteiger partial charge in [0.1, 0.15) is 5.69 Å². The van der Waals surface area contributed by atoms with Crippen molar-refractivity contribution in [3.63, 3.8) is 0 Å². The standard InChI is InChI=1S/C13H15N3OS/c14-10-5-12(15-6-10)13(17)16(11-1-2-11)7-9-3-4-18-8-9/h3-6,8,11,15H,1-2,7,14H2. The molecule has 0 aliphatic heterocycles. The average molecular weight is 261 g/mol. The van der Waals surface area contributed by atoms with Gasteiger partial charge in [-0.2, -0.15) is 11.3 Å². The fraction of sp³-hybridized carbons (Fsp3) is 0.308. The molecular formula is C13H15N3OS. The number of nitrogen functional groups attached to an aromatic ring is 1. The second-order valence-corrected chi connectivity index (χ2v) is 5.42. The first-order chi connectivity index (χ1) is 8.74. The molecule has 3 N–H and O–H groups in total. The van der Waals surface area contributed by atoms with Crippen molar-refractivity contribution in [3.8, 4) is 0 Å². The van der Waals surface area contributed by atoms with Gasteiger partial charge in [-0.3, -0.25) is 4.79 Å². The van der Waals surface area contributed by atoms with Crippen LogP contribution in [0, 0.1) is 0 Å². The first kappa shape index (κ1) is 11.3. The Kier molecular flexibility index (Phi) is 2.83. The van der Waals surface area contributed by atoms with Crippen LogP contribution in [0.5, 0.6) is 0 Å². The molecule has 0 spiro atoms. The maximum Gasteiger partial charge on any atom is 0.270 e. The van der Waals surface area contributed by atoms with Crippen LogP contribution in [-0.4, -0.2) is 21.8 Å². The van der Waals surface area contributed by atoms with Crippen LogP contribution in [-0.2, 0) is 6.54 Å². The number of carbonyl (C=O) groups excluding carboxylic acids is 1. The van der Waals surface area contributed by atoms with Crippen LogP contribution < -0.4 is 5.73 Å². The van der Waals surface area contributed by atoms with Crippen LogP contribution in [0.3, 0.4) is 0 Å². The molecule has 0 radical (unpaired) electrons. The topological polar surface area (TPSA) is 62.1 Å². The summed E-state index contributed by atoms with van der Waals surface area (Å²) in [5.74, 6) is 0.0420. The van der Waals surface area contributed by atoms with Gasteiger partial charge in [0, 0.05) is 24.5 Å². The molecule has 1 aliphatic rings. The van der Waals surface area contributed by atoms with E-state index in [1.165, 1.54) is 5.56 Å². The highest BCUT2D eigenvalue weighted by atomic mass is 32.1. The number of carbonyl (C=O) groups is 1. The lowest BCUT2D eigenvalue weighted by Crippen LogP contribution is -2.32. The summed E-state index contributed by atoms with van der Waals surface area (Å²) in [6.07, 6.45) is 3.86. The number of aromatic nitrogens is 1. The van der Waals surface area contributed by atoms with Crippen molar-refractivity contribution in [2.24, 2.45) is 0 Å². The van der Waals surface area contributed by atoms with Crippen LogP contribution in [0.25, 0.3) is 0 Å². The first-order valence-electron chi connectivity index (χ1n) is 6.00. The molecule has 1 amide bonds. The highest BCUT2D eigenvalue weighted by molar-refractivity contribution is 7.07. The van der Waals surface area contributed by atoms with Crippen molar-refractivity contribution in [2.75, 3.05) is 5.73 Å². The predicted molar refractivity (Wildman–Crippen MR) is 72.4 cm³/mol. The first-order valence-corrected chi connectivity index (χ1v) is 6.94. The lowest BCUT2D eigenvalue weighted by atomic mass is 10.2. The fourth-order valence-corrected chi connectivity index (χ4v) is 2.68. The predicted octanol–water partition coefficient (Wildman–Crippen LogP) is 2.46. The molecule has 1 fully saturated rings. The Bertz CT molecular complexity index is 542. The van der Waals surface area contributed by atoms with Gasteiger partial charge < -0.3 is 15.6 Å². The van der Waals surface area contributed by atoms with E-state index >= 15 is 0 Å². The van der Waals surface area contributed by atoms with Crippen molar-refractivity contribution in [1.29, 1.82) is 0 Å². The Balaban J connectivity index is 1.79. The van der Waals surface area contributed by atoms with Gasteiger partial charge in [0.2, 0.25) is 0 Å². The monoisotopic (exact) mass is 261 g/mol. The number of nitrogens with two attached hydrogens (primary N) is 1. The van der Waals surface area contributed by atoms with Gasteiger partial charge in [-0.25, -0.2) is 0 Å². The van der Waals surface area contributed by atoms with Crippen LogP contribution in [0.2, 0.25) is 0 Å². The molecule has 0 aromatic carbocycles. The fourth-order valence-electron chi connectivity index (χ4n) is 2.02. The van der Waals surface area contributed by atoms with Crippen molar-refractivity contribution < 1.29 is 4.79 Å². The SMILES string of the molecule is Nc1c[nH]c(C(=O)N(Cc2ccsc2)C2CC2)c1. The van der Waals surface area contributed by atoms with E-state index in [4.69, 9.17) is 5.73 Å². The zero-order valence-electron chi connectivity index (χ0n) is 9.93.